The molecule has 1 aromatic heterocycles. The van der Waals surface area contributed by atoms with Crippen molar-refractivity contribution in [1.29, 1.82) is 0 Å². The zero-order chi connectivity index (χ0) is 20.9. The van der Waals surface area contributed by atoms with Crippen LogP contribution in [0, 0.1) is 6.92 Å². The standard InChI is InChI=1S/C22H26N6O2.HI/c1-15(18-7-5-4-6-8-18)25-22(24-13-21-27-26-16(2)28(21)3)23-12-17-9-10-19-20(11-17)30-14-29-19;/h4-11,15H,12-14H2,1-3H3,(H2,23,24,25);1H. The number of aromatic nitrogens is 3. The summed E-state index contributed by atoms with van der Waals surface area (Å²) in [6.07, 6.45) is 0. The lowest BCUT2D eigenvalue weighted by Gasteiger charge is -2.18. The summed E-state index contributed by atoms with van der Waals surface area (Å²) in [5.41, 5.74) is 2.23. The van der Waals surface area contributed by atoms with Crippen LogP contribution in [-0.2, 0) is 20.1 Å². The Morgan fingerprint density at radius 3 is 2.65 bits per heavy atom. The summed E-state index contributed by atoms with van der Waals surface area (Å²) in [6.45, 7) is 5.33. The molecule has 31 heavy (non-hydrogen) atoms. The highest BCUT2D eigenvalue weighted by atomic mass is 127. The van der Waals surface area contributed by atoms with Gasteiger partial charge in [-0.1, -0.05) is 36.4 Å². The molecule has 0 saturated heterocycles. The molecule has 2 N–H and O–H groups in total. The van der Waals surface area contributed by atoms with Crippen molar-refractivity contribution in [3.05, 3.63) is 71.3 Å². The van der Waals surface area contributed by atoms with E-state index < -0.39 is 0 Å². The Labute approximate surface area is 199 Å². The van der Waals surface area contributed by atoms with Gasteiger partial charge >= 0.3 is 0 Å². The first-order chi connectivity index (χ1) is 14.6. The molecule has 2 aromatic carbocycles. The first kappa shape index (κ1) is 22.9. The van der Waals surface area contributed by atoms with E-state index in [1.54, 1.807) is 0 Å². The third-order valence-electron chi connectivity index (χ3n) is 5.11. The van der Waals surface area contributed by atoms with Gasteiger partial charge in [-0.2, -0.15) is 0 Å². The number of aliphatic imine (C=N–C) groups is 1. The topological polar surface area (TPSA) is 85.6 Å². The van der Waals surface area contributed by atoms with Gasteiger partial charge in [0.1, 0.15) is 5.82 Å². The van der Waals surface area contributed by atoms with Gasteiger partial charge in [0.15, 0.2) is 23.3 Å². The summed E-state index contributed by atoms with van der Waals surface area (Å²) in [5.74, 6) is 3.95. The zero-order valence-electron chi connectivity index (χ0n) is 17.8. The number of rotatable bonds is 6. The van der Waals surface area contributed by atoms with E-state index in [0.717, 1.165) is 28.7 Å². The molecule has 1 unspecified atom stereocenters. The lowest BCUT2D eigenvalue weighted by Crippen LogP contribution is -2.39. The molecule has 0 bridgehead atoms. The molecule has 0 amide bonds. The number of hydrogen-bond acceptors (Lipinski definition) is 5. The minimum Gasteiger partial charge on any atom is -0.454 e. The average molecular weight is 534 g/mol. The summed E-state index contributed by atoms with van der Waals surface area (Å²) in [5, 5.41) is 15.2. The minimum atomic E-state index is 0. The van der Waals surface area contributed by atoms with Gasteiger partial charge in [0.05, 0.1) is 19.1 Å². The van der Waals surface area contributed by atoms with Crippen molar-refractivity contribution in [1.82, 2.24) is 25.4 Å². The van der Waals surface area contributed by atoms with E-state index in [1.807, 2.05) is 54.9 Å². The molecular weight excluding hydrogens is 507 g/mol. The van der Waals surface area contributed by atoms with Crippen LogP contribution < -0.4 is 20.1 Å². The first-order valence-electron chi connectivity index (χ1n) is 9.93. The lowest BCUT2D eigenvalue weighted by molar-refractivity contribution is 0.174. The average Bonchev–Trinajstić information content (AvgIpc) is 3.37. The molecule has 9 heteroatoms. The Hall–Kier alpha value is -2.82. The number of nitrogens with one attached hydrogen (secondary N) is 2. The van der Waals surface area contributed by atoms with Gasteiger partial charge in [0.25, 0.3) is 0 Å². The van der Waals surface area contributed by atoms with Crippen molar-refractivity contribution in [3.8, 4) is 11.5 Å². The number of halogens is 1. The maximum Gasteiger partial charge on any atom is 0.231 e. The third kappa shape index (κ3) is 5.66. The van der Waals surface area contributed by atoms with Crippen LogP contribution in [0.25, 0.3) is 0 Å². The highest BCUT2D eigenvalue weighted by Gasteiger charge is 2.14. The number of guanidine groups is 1. The molecule has 0 spiro atoms. The number of fused-ring (bicyclic) bond motifs is 1. The van der Waals surface area contributed by atoms with Gasteiger partial charge < -0.3 is 24.7 Å². The monoisotopic (exact) mass is 534 g/mol. The maximum atomic E-state index is 5.47. The molecule has 1 atom stereocenters. The van der Waals surface area contributed by atoms with Gasteiger partial charge in [-0.3, -0.25) is 0 Å². The molecular formula is C22H27IN6O2. The summed E-state index contributed by atoms with van der Waals surface area (Å²) in [6, 6.07) is 16.3. The van der Waals surface area contributed by atoms with Crippen molar-refractivity contribution in [3.63, 3.8) is 0 Å². The summed E-state index contributed by atoms with van der Waals surface area (Å²) < 4.78 is 12.8. The maximum absolute atomic E-state index is 5.47. The number of benzene rings is 2. The minimum absolute atomic E-state index is 0. The van der Waals surface area contributed by atoms with Crippen molar-refractivity contribution in [2.75, 3.05) is 6.79 Å². The van der Waals surface area contributed by atoms with Gasteiger partial charge in [-0.25, -0.2) is 4.99 Å². The normalized spacial score (nSPS) is 13.5. The molecule has 0 aliphatic carbocycles. The van der Waals surface area contributed by atoms with E-state index in [2.05, 4.69) is 39.9 Å². The molecule has 8 nitrogen and oxygen atoms in total. The fraction of sp³-hybridized carbons (Fsp3) is 0.318. The summed E-state index contributed by atoms with van der Waals surface area (Å²) in [4.78, 5) is 4.78. The van der Waals surface area contributed by atoms with E-state index in [-0.39, 0.29) is 36.8 Å². The fourth-order valence-electron chi connectivity index (χ4n) is 3.16. The Morgan fingerprint density at radius 2 is 1.90 bits per heavy atom. The zero-order valence-corrected chi connectivity index (χ0v) is 20.2. The van der Waals surface area contributed by atoms with Crippen LogP contribution in [0.5, 0.6) is 11.5 Å². The Morgan fingerprint density at radius 1 is 1.13 bits per heavy atom. The highest BCUT2D eigenvalue weighted by Crippen LogP contribution is 2.32. The predicted molar refractivity (Wildman–Crippen MR) is 130 cm³/mol. The van der Waals surface area contributed by atoms with Gasteiger partial charge in [0, 0.05) is 7.05 Å². The molecule has 0 fully saturated rings. The van der Waals surface area contributed by atoms with E-state index in [0.29, 0.717) is 19.0 Å². The van der Waals surface area contributed by atoms with E-state index in [9.17, 15) is 0 Å². The Kier molecular flexibility index (Phi) is 7.72. The second-order valence-corrected chi connectivity index (χ2v) is 7.21. The highest BCUT2D eigenvalue weighted by molar-refractivity contribution is 14.0. The predicted octanol–water partition coefficient (Wildman–Crippen LogP) is 3.47. The quantitative estimate of drug-likeness (QED) is 0.286. The number of ether oxygens (including phenoxy) is 2. The van der Waals surface area contributed by atoms with Crippen LogP contribution in [0.1, 0.15) is 35.7 Å². The van der Waals surface area contributed by atoms with E-state index >= 15 is 0 Å². The molecule has 1 aliphatic rings. The van der Waals surface area contributed by atoms with Gasteiger partial charge in [0.2, 0.25) is 6.79 Å². The molecule has 164 valence electrons. The van der Waals surface area contributed by atoms with E-state index in [4.69, 9.17) is 14.5 Å². The fourth-order valence-corrected chi connectivity index (χ4v) is 3.16. The van der Waals surface area contributed by atoms with Crippen molar-refractivity contribution in [2.45, 2.75) is 33.0 Å². The SMILES string of the molecule is Cc1nnc(CNC(=NCc2ccc3c(c2)OCO3)NC(C)c2ccccc2)n1C.I. The number of aryl methyl sites for hydroxylation is 1. The lowest BCUT2D eigenvalue weighted by atomic mass is 10.1. The molecule has 1 aliphatic heterocycles. The summed E-state index contributed by atoms with van der Waals surface area (Å²) >= 11 is 0. The van der Waals surface area contributed by atoms with Crippen LogP contribution >= 0.6 is 24.0 Å². The molecule has 4 rings (SSSR count). The Balaban J connectivity index is 0.00000272. The van der Waals surface area contributed by atoms with Gasteiger partial charge in [-0.15, -0.1) is 34.2 Å². The molecule has 0 radical (unpaired) electrons. The van der Waals surface area contributed by atoms with Crippen molar-refractivity contribution in [2.24, 2.45) is 12.0 Å². The smallest absolute Gasteiger partial charge is 0.231 e. The van der Waals surface area contributed by atoms with Crippen LogP contribution in [0.15, 0.2) is 53.5 Å². The molecule has 3 aromatic rings. The van der Waals surface area contributed by atoms with Gasteiger partial charge in [-0.05, 0) is 37.1 Å². The van der Waals surface area contributed by atoms with Crippen LogP contribution in [0.4, 0.5) is 0 Å². The second-order valence-electron chi connectivity index (χ2n) is 7.21. The number of hydrogen-bond donors (Lipinski definition) is 2. The molecule has 2 heterocycles. The summed E-state index contributed by atoms with van der Waals surface area (Å²) in [7, 11) is 1.95. The first-order valence-corrected chi connectivity index (χ1v) is 9.93. The third-order valence-corrected chi connectivity index (χ3v) is 5.11. The van der Waals surface area contributed by atoms with Crippen molar-refractivity contribution < 1.29 is 9.47 Å². The molecule has 0 saturated carbocycles. The largest absolute Gasteiger partial charge is 0.454 e. The van der Waals surface area contributed by atoms with Crippen LogP contribution in [-0.4, -0.2) is 27.5 Å². The second kappa shape index (κ2) is 10.5. The Bertz CT molecular complexity index is 1040. The van der Waals surface area contributed by atoms with Crippen LogP contribution in [0.3, 0.4) is 0 Å². The van der Waals surface area contributed by atoms with Crippen molar-refractivity contribution >= 4 is 29.9 Å². The number of nitrogens with zero attached hydrogens (tertiary/aromatic N) is 4. The van der Waals surface area contributed by atoms with Crippen LogP contribution in [0.2, 0.25) is 0 Å². The van der Waals surface area contributed by atoms with E-state index in [1.165, 1.54) is 5.56 Å².